The molecule has 0 atom stereocenters. The molecule has 0 spiro atoms. The van der Waals surface area contributed by atoms with Crippen LogP contribution < -0.4 is 16.6 Å². The Balaban J connectivity index is 2.22. The maximum atomic E-state index is 11.9. The summed E-state index contributed by atoms with van der Waals surface area (Å²) in [6.07, 6.45) is 1.25. The third-order valence-electron chi connectivity index (χ3n) is 2.74. The summed E-state index contributed by atoms with van der Waals surface area (Å²) in [5, 5.41) is 2.67. The summed E-state index contributed by atoms with van der Waals surface area (Å²) < 4.78 is 1.03. The van der Waals surface area contributed by atoms with Crippen molar-refractivity contribution in [3.05, 3.63) is 61.3 Å². The molecule has 1 heterocycles. The first-order valence-electron chi connectivity index (χ1n) is 5.82. The predicted octanol–water partition coefficient (Wildman–Crippen LogP) is 1.25. The Hall–Kier alpha value is -2.15. The van der Waals surface area contributed by atoms with Gasteiger partial charge in [-0.15, -0.1) is 0 Å². The smallest absolute Gasteiger partial charge is 0.324 e. The maximum absolute atomic E-state index is 11.9. The number of carbonyl (C=O) groups is 1. The number of hydrogen-bond acceptors (Lipinski definition) is 3. The van der Waals surface area contributed by atoms with Gasteiger partial charge in [-0.3, -0.25) is 9.59 Å². The lowest BCUT2D eigenvalue weighted by Gasteiger charge is -2.09. The molecule has 7 heteroatoms. The molecule has 0 bridgehead atoms. The zero-order valence-corrected chi connectivity index (χ0v) is 12.2. The maximum Gasteiger partial charge on any atom is 0.328 e. The van der Waals surface area contributed by atoms with Crippen LogP contribution in [0.3, 0.4) is 0 Å². The molecule has 1 aromatic heterocycles. The molecule has 0 radical (unpaired) electrons. The van der Waals surface area contributed by atoms with Gasteiger partial charge in [0.2, 0.25) is 5.91 Å². The summed E-state index contributed by atoms with van der Waals surface area (Å²) in [7, 11) is 0. The molecular formula is C13H12BrN3O3. The van der Waals surface area contributed by atoms with Crippen LogP contribution in [-0.4, -0.2) is 15.5 Å². The van der Waals surface area contributed by atoms with Crippen LogP contribution in [0.15, 0.2) is 44.5 Å². The Labute approximate surface area is 122 Å². The Kier molecular flexibility index (Phi) is 4.19. The molecule has 0 unspecified atom stereocenters. The van der Waals surface area contributed by atoms with Crippen LogP contribution in [0.5, 0.6) is 0 Å². The number of halogens is 1. The van der Waals surface area contributed by atoms with Gasteiger partial charge in [-0.25, -0.2) is 9.36 Å². The molecule has 0 fully saturated rings. The quantitative estimate of drug-likeness (QED) is 0.883. The molecule has 1 aromatic carbocycles. The van der Waals surface area contributed by atoms with E-state index in [1.165, 1.54) is 6.20 Å². The van der Waals surface area contributed by atoms with E-state index in [0.29, 0.717) is 5.69 Å². The number of rotatable bonds is 3. The topological polar surface area (TPSA) is 84.0 Å². The van der Waals surface area contributed by atoms with Crippen LogP contribution in [0.4, 0.5) is 5.69 Å². The van der Waals surface area contributed by atoms with Crippen molar-refractivity contribution in [1.29, 1.82) is 0 Å². The zero-order chi connectivity index (χ0) is 14.7. The van der Waals surface area contributed by atoms with Gasteiger partial charge in [0, 0.05) is 11.9 Å². The fourth-order valence-electron chi connectivity index (χ4n) is 1.68. The van der Waals surface area contributed by atoms with Crippen molar-refractivity contribution in [2.24, 2.45) is 0 Å². The van der Waals surface area contributed by atoms with Crippen molar-refractivity contribution in [3.63, 3.8) is 0 Å². The fraction of sp³-hybridized carbons (Fsp3) is 0.154. The molecule has 1 amide bonds. The van der Waals surface area contributed by atoms with Crippen LogP contribution in [0.25, 0.3) is 0 Å². The normalized spacial score (nSPS) is 10.3. The summed E-state index contributed by atoms with van der Waals surface area (Å²) >= 11 is 3.01. The van der Waals surface area contributed by atoms with E-state index < -0.39 is 17.2 Å². The SMILES string of the molecule is Cc1ccccc1NC(=O)Cn1c(=O)[nH]cc(Br)c1=O. The van der Waals surface area contributed by atoms with E-state index >= 15 is 0 Å². The first kappa shape index (κ1) is 14.3. The van der Waals surface area contributed by atoms with E-state index in [4.69, 9.17) is 0 Å². The van der Waals surface area contributed by atoms with E-state index in [9.17, 15) is 14.4 Å². The molecule has 0 aliphatic carbocycles. The number of aryl methyl sites for hydroxylation is 1. The molecule has 0 saturated heterocycles. The lowest BCUT2D eigenvalue weighted by atomic mass is 10.2. The second-order valence-corrected chi connectivity index (χ2v) is 5.05. The lowest BCUT2D eigenvalue weighted by molar-refractivity contribution is -0.116. The summed E-state index contributed by atoms with van der Waals surface area (Å²) in [5.74, 6) is -0.440. The third kappa shape index (κ3) is 3.05. The number of nitrogens with one attached hydrogen (secondary N) is 2. The number of nitrogens with zero attached hydrogens (tertiary/aromatic N) is 1. The molecule has 104 valence electrons. The number of para-hydroxylation sites is 1. The Bertz CT molecular complexity index is 764. The lowest BCUT2D eigenvalue weighted by Crippen LogP contribution is -2.38. The molecule has 0 aliphatic rings. The second-order valence-electron chi connectivity index (χ2n) is 4.20. The third-order valence-corrected chi connectivity index (χ3v) is 3.31. The molecule has 0 aliphatic heterocycles. The number of aromatic amines is 1. The van der Waals surface area contributed by atoms with E-state index in [2.05, 4.69) is 26.2 Å². The van der Waals surface area contributed by atoms with Crippen LogP contribution in [-0.2, 0) is 11.3 Å². The van der Waals surface area contributed by atoms with Crippen LogP contribution >= 0.6 is 15.9 Å². The van der Waals surface area contributed by atoms with Gasteiger partial charge < -0.3 is 10.3 Å². The van der Waals surface area contributed by atoms with E-state index in [0.717, 1.165) is 10.1 Å². The van der Waals surface area contributed by atoms with Crippen LogP contribution in [0.1, 0.15) is 5.56 Å². The number of anilines is 1. The van der Waals surface area contributed by atoms with Crippen molar-refractivity contribution in [1.82, 2.24) is 9.55 Å². The highest BCUT2D eigenvalue weighted by molar-refractivity contribution is 9.10. The standard InChI is InChI=1S/C13H12BrN3O3/c1-8-4-2-3-5-10(8)16-11(18)7-17-12(19)9(14)6-15-13(17)20/h2-6H,7H2,1H3,(H,15,20)(H,16,18). The summed E-state index contributed by atoms with van der Waals surface area (Å²) in [6, 6.07) is 7.25. The van der Waals surface area contributed by atoms with E-state index in [1.54, 1.807) is 12.1 Å². The first-order valence-corrected chi connectivity index (χ1v) is 6.62. The van der Waals surface area contributed by atoms with Crippen LogP contribution in [0.2, 0.25) is 0 Å². The second kappa shape index (κ2) is 5.87. The van der Waals surface area contributed by atoms with Gasteiger partial charge in [0.15, 0.2) is 0 Å². The highest BCUT2D eigenvalue weighted by atomic mass is 79.9. The van der Waals surface area contributed by atoms with Crippen LogP contribution in [0, 0.1) is 6.92 Å². The fourth-order valence-corrected chi connectivity index (χ4v) is 2.00. The molecule has 2 N–H and O–H groups in total. The van der Waals surface area contributed by atoms with E-state index in [1.807, 2.05) is 19.1 Å². The van der Waals surface area contributed by atoms with Gasteiger partial charge in [-0.1, -0.05) is 18.2 Å². The number of H-pyrrole nitrogens is 1. The largest absolute Gasteiger partial charge is 0.328 e. The Morgan fingerprint density at radius 2 is 2.05 bits per heavy atom. The van der Waals surface area contributed by atoms with Crippen molar-refractivity contribution in [2.75, 3.05) is 5.32 Å². The average molecular weight is 338 g/mol. The Morgan fingerprint density at radius 3 is 2.75 bits per heavy atom. The average Bonchev–Trinajstić information content (AvgIpc) is 2.42. The predicted molar refractivity (Wildman–Crippen MR) is 78.8 cm³/mol. The van der Waals surface area contributed by atoms with Gasteiger partial charge in [0.25, 0.3) is 5.56 Å². The molecule has 6 nitrogen and oxygen atoms in total. The summed E-state index contributed by atoms with van der Waals surface area (Å²) in [6.45, 7) is 1.51. The number of aromatic nitrogens is 2. The zero-order valence-electron chi connectivity index (χ0n) is 10.6. The van der Waals surface area contributed by atoms with Gasteiger partial charge in [-0.2, -0.15) is 0 Å². The first-order chi connectivity index (χ1) is 9.49. The van der Waals surface area contributed by atoms with Gasteiger partial charge in [-0.05, 0) is 34.5 Å². The van der Waals surface area contributed by atoms with Gasteiger partial charge in [0.05, 0.1) is 4.47 Å². The van der Waals surface area contributed by atoms with E-state index in [-0.39, 0.29) is 11.0 Å². The highest BCUT2D eigenvalue weighted by Gasteiger charge is 2.10. The Morgan fingerprint density at radius 1 is 1.35 bits per heavy atom. The van der Waals surface area contributed by atoms with Gasteiger partial charge >= 0.3 is 5.69 Å². The number of carbonyl (C=O) groups excluding carboxylic acids is 1. The summed E-state index contributed by atoms with van der Waals surface area (Å²) in [5.41, 5.74) is 0.375. The van der Waals surface area contributed by atoms with Crippen molar-refractivity contribution >= 4 is 27.5 Å². The minimum atomic E-state index is -0.627. The van der Waals surface area contributed by atoms with Crippen molar-refractivity contribution in [2.45, 2.75) is 13.5 Å². The van der Waals surface area contributed by atoms with Crippen molar-refractivity contribution in [3.8, 4) is 0 Å². The monoisotopic (exact) mass is 337 g/mol. The molecule has 0 saturated carbocycles. The highest BCUT2D eigenvalue weighted by Crippen LogP contribution is 2.12. The number of amides is 1. The number of benzene rings is 1. The molecule has 20 heavy (non-hydrogen) atoms. The number of hydrogen-bond donors (Lipinski definition) is 2. The molecule has 2 rings (SSSR count). The minimum Gasteiger partial charge on any atom is -0.324 e. The molecule has 2 aromatic rings. The van der Waals surface area contributed by atoms with Crippen molar-refractivity contribution < 1.29 is 4.79 Å². The van der Waals surface area contributed by atoms with Gasteiger partial charge in [0.1, 0.15) is 6.54 Å². The minimum absolute atomic E-state index is 0.195. The molecular weight excluding hydrogens is 326 g/mol. The summed E-state index contributed by atoms with van der Waals surface area (Å²) in [4.78, 5) is 37.6.